The molecule has 0 aliphatic rings. The molecule has 2 N–H and O–H groups in total. The molecule has 0 aliphatic heterocycles. The van der Waals surface area contributed by atoms with Crippen molar-refractivity contribution in [2.24, 2.45) is 0 Å². The third-order valence-corrected chi connectivity index (χ3v) is 5.19. The molecule has 0 fully saturated rings. The second-order valence-corrected chi connectivity index (χ2v) is 7.03. The number of amides is 2. The molecule has 3 aromatic rings. The van der Waals surface area contributed by atoms with Crippen LogP contribution in [0.4, 0.5) is 5.69 Å². The summed E-state index contributed by atoms with van der Waals surface area (Å²) in [4.78, 5) is 25.3. The molecule has 0 aliphatic carbocycles. The molecule has 2 amide bonds. The fraction of sp³-hybridized carbons (Fsp3) is 0.167. The molecule has 26 heavy (non-hydrogen) atoms. The minimum atomic E-state index is -0.740. The van der Waals surface area contributed by atoms with Crippen LogP contribution >= 0.6 is 22.9 Å². The van der Waals surface area contributed by atoms with E-state index in [1.54, 1.807) is 40.4 Å². The predicted octanol–water partition coefficient (Wildman–Crippen LogP) is 3.25. The number of halogens is 1. The van der Waals surface area contributed by atoms with E-state index >= 15 is 0 Å². The lowest BCUT2D eigenvalue weighted by molar-refractivity contribution is -0.136. The maximum Gasteiger partial charge on any atom is 0.313 e. The summed E-state index contributed by atoms with van der Waals surface area (Å²) in [6.45, 7) is 2.11. The lowest BCUT2D eigenvalue weighted by Crippen LogP contribution is -2.38. The minimum absolute atomic E-state index is 0.171. The quantitative estimate of drug-likeness (QED) is 0.659. The number of aromatic nitrogens is 2. The van der Waals surface area contributed by atoms with Gasteiger partial charge in [0, 0.05) is 34.5 Å². The van der Waals surface area contributed by atoms with E-state index in [0.717, 1.165) is 10.4 Å². The first kappa shape index (κ1) is 18.2. The highest BCUT2D eigenvalue weighted by Crippen LogP contribution is 2.22. The predicted molar refractivity (Wildman–Crippen MR) is 103 cm³/mol. The number of hydrogen-bond donors (Lipinski definition) is 2. The average molecular weight is 389 g/mol. The SMILES string of the molecule is Cc1ccc(NC(=O)C(=O)NCC(c2cccs2)n2cccn2)cc1Cl. The third-order valence-electron chi connectivity index (χ3n) is 3.81. The van der Waals surface area contributed by atoms with E-state index in [1.807, 2.05) is 36.7 Å². The van der Waals surface area contributed by atoms with Gasteiger partial charge in [0.2, 0.25) is 0 Å². The van der Waals surface area contributed by atoms with Gasteiger partial charge in [0.25, 0.3) is 0 Å². The molecule has 0 radical (unpaired) electrons. The van der Waals surface area contributed by atoms with Gasteiger partial charge in [-0.25, -0.2) is 0 Å². The van der Waals surface area contributed by atoms with Gasteiger partial charge in [-0.3, -0.25) is 14.3 Å². The topological polar surface area (TPSA) is 76.0 Å². The van der Waals surface area contributed by atoms with Gasteiger partial charge in [-0.05, 0) is 42.1 Å². The Balaban J connectivity index is 1.63. The standard InChI is InChI=1S/C18H17ClN4O2S/c1-12-5-6-13(10-14(12)19)22-18(25)17(24)20-11-15(16-4-2-9-26-16)23-8-3-7-21-23/h2-10,15H,11H2,1H3,(H,20,24)(H,22,25). The summed E-state index contributed by atoms with van der Waals surface area (Å²) >= 11 is 7.60. The molecule has 134 valence electrons. The minimum Gasteiger partial charge on any atom is -0.345 e. The number of thiophene rings is 1. The highest BCUT2D eigenvalue weighted by molar-refractivity contribution is 7.10. The van der Waals surface area contributed by atoms with Gasteiger partial charge in [-0.2, -0.15) is 5.10 Å². The first-order valence-electron chi connectivity index (χ1n) is 7.92. The van der Waals surface area contributed by atoms with Crippen molar-refractivity contribution >= 4 is 40.4 Å². The van der Waals surface area contributed by atoms with Gasteiger partial charge in [0.05, 0.1) is 0 Å². The van der Waals surface area contributed by atoms with Crippen molar-refractivity contribution in [3.05, 3.63) is 69.6 Å². The zero-order valence-electron chi connectivity index (χ0n) is 14.0. The molecule has 1 unspecified atom stereocenters. The Labute approximate surface area is 159 Å². The Hall–Kier alpha value is -2.64. The maximum atomic E-state index is 12.2. The number of carbonyl (C=O) groups excluding carboxylic acids is 2. The third kappa shape index (κ3) is 4.30. The number of aryl methyl sites for hydroxylation is 1. The second-order valence-electron chi connectivity index (χ2n) is 5.65. The molecule has 0 bridgehead atoms. The number of carbonyl (C=O) groups is 2. The van der Waals surface area contributed by atoms with Gasteiger partial charge >= 0.3 is 11.8 Å². The summed E-state index contributed by atoms with van der Waals surface area (Å²) in [6, 6.07) is 10.6. The van der Waals surface area contributed by atoms with Crippen LogP contribution in [-0.2, 0) is 9.59 Å². The summed E-state index contributed by atoms with van der Waals surface area (Å²) in [6.07, 6.45) is 3.50. The largest absolute Gasteiger partial charge is 0.345 e. The molecule has 2 aromatic heterocycles. The number of benzene rings is 1. The normalized spacial score (nSPS) is 11.8. The highest BCUT2D eigenvalue weighted by atomic mass is 35.5. The number of rotatable bonds is 5. The van der Waals surface area contributed by atoms with E-state index in [4.69, 9.17) is 11.6 Å². The number of nitrogens with zero attached hydrogens (tertiary/aromatic N) is 2. The molecule has 0 spiro atoms. The summed E-state index contributed by atoms with van der Waals surface area (Å²) < 4.78 is 1.75. The zero-order valence-corrected chi connectivity index (χ0v) is 15.6. The lowest BCUT2D eigenvalue weighted by Gasteiger charge is -2.17. The first-order chi connectivity index (χ1) is 12.5. The summed E-state index contributed by atoms with van der Waals surface area (Å²) in [7, 11) is 0. The van der Waals surface area contributed by atoms with Crippen molar-refractivity contribution in [3.8, 4) is 0 Å². The van der Waals surface area contributed by atoms with Gasteiger partial charge in [0.15, 0.2) is 0 Å². The van der Waals surface area contributed by atoms with Crippen molar-refractivity contribution in [3.63, 3.8) is 0 Å². The lowest BCUT2D eigenvalue weighted by atomic mass is 10.2. The molecule has 6 nitrogen and oxygen atoms in total. The van der Waals surface area contributed by atoms with Gasteiger partial charge in [-0.15, -0.1) is 11.3 Å². The van der Waals surface area contributed by atoms with Crippen LogP contribution in [0.5, 0.6) is 0 Å². The van der Waals surface area contributed by atoms with Crippen LogP contribution < -0.4 is 10.6 Å². The van der Waals surface area contributed by atoms with E-state index in [1.165, 1.54) is 0 Å². The molecular formula is C18H17ClN4O2S. The van der Waals surface area contributed by atoms with Crippen LogP contribution in [-0.4, -0.2) is 28.1 Å². The van der Waals surface area contributed by atoms with E-state index in [-0.39, 0.29) is 12.6 Å². The first-order valence-corrected chi connectivity index (χ1v) is 9.18. The van der Waals surface area contributed by atoms with Gasteiger partial charge in [-0.1, -0.05) is 23.7 Å². The molecule has 2 heterocycles. The fourth-order valence-corrected chi connectivity index (χ4v) is 3.40. The summed E-state index contributed by atoms with van der Waals surface area (Å²) in [5.74, 6) is -1.45. The molecule has 1 aromatic carbocycles. The Morgan fingerprint density at radius 1 is 1.27 bits per heavy atom. The number of nitrogens with one attached hydrogen (secondary N) is 2. The molecule has 0 saturated heterocycles. The summed E-state index contributed by atoms with van der Waals surface area (Å²) in [5, 5.41) is 11.9. The number of hydrogen-bond acceptors (Lipinski definition) is 4. The molecular weight excluding hydrogens is 372 g/mol. The zero-order chi connectivity index (χ0) is 18.5. The second kappa shape index (κ2) is 8.16. The Morgan fingerprint density at radius 2 is 2.12 bits per heavy atom. The van der Waals surface area contributed by atoms with Crippen LogP contribution in [0.2, 0.25) is 5.02 Å². The Bertz CT molecular complexity index is 860. The van der Waals surface area contributed by atoms with Crippen LogP contribution in [0.15, 0.2) is 54.2 Å². The van der Waals surface area contributed by atoms with Crippen LogP contribution in [0.25, 0.3) is 0 Å². The van der Waals surface area contributed by atoms with Crippen molar-refractivity contribution in [2.75, 3.05) is 11.9 Å². The van der Waals surface area contributed by atoms with Crippen molar-refractivity contribution < 1.29 is 9.59 Å². The van der Waals surface area contributed by atoms with Gasteiger partial charge in [0.1, 0.15) is 6.04 Å². The van der Waals surface area contributed by atoms with Crippen molar-refractivity contribution in [2.45, 2.75) is 13.0 Å². The molecule has 3 rings (SSSR count). The molecule has 0 saturated carbocycles. The van der Waals surface area contributed by atoms with Gasteiger partial charge < -0.3 is 10.6 Å². The average Bonchev–Trinajstić information content (AvgIpc) is 3.32. The van der Waals surface area contributed by atoms with Crippen LogP contribution in [0.1, 0.15) is 16.5 Å². The smallest absolute Gasteiger partial charge is 0.313 e. The van der Waals surface area contributed by atoms with Crippen LogP contribution in [0, 0.1) is 6.92 Å². The maximum absolute atomic E-state index is 12.2. The fourth-order valence-electron chi connectivity index (χ4n) is 2.40. The monoisotopic (exact) mass is 388 g/mol. The molecule has 8 heteroatoms. The van der Waals surface area contributed by atoms with Crippen LogP contribution in [0.3, 0.4) is 0 Å². The van der Waals surface area contributed by atoms with E-state index < -0.39 is 11.8 Å². The number of anilines is 1. The Kier molecular flexibility index (Phi) is 5.70. The Morgan fingerprint density at radius 3 is 2.77 bits per heavy atom. The molecule has 1 atom stereocenters. The van der Waals surface area contributed by atoms with Crippen molar-refractivity contribution in [1.29, 1.82) is 0 Å². The van der Waals surface area contributed by atoms with E-state index in [9.17, 15) is 9.59 Å². The van der Waals surface area contributed by atoms with E-state index in [2.05, 4.69) is 15.7 Å². The van der Waals surface area contributed by atoms with Crippen molar-refractivity contribution in [1.82, 2.24) is 15.1 Å². The highest BCUT2D eigenvalue weighted by Gasteiger charge is 2.19. The van der Waals surface area contributed by atoms with E-state index in [0.29, 0.717) is 10.7 Å². The summed E-state index contributed by atoms with van der Waals surface area (Å²) in [5.41, 5.74) is 1.37.